The van der Waals surface area contributed by atoms with Crippen molar-refractivity contribution in [1.82, 2.24) is 5.32 Å². The van der Waals surface area contributed by atoms with Crippen LogP contribution in [-0.4, -0.2) is 25.8 Å². The molecule has 14 heavy (non-hydrogen) atoms. The lowest BCUT2D eigenvalue weighted by molar-refractivity contribution is 0.0986. The van der Waals surface area contributed by atoms with Gasteiger partial charge in [-0.3, -0.25) is 0 Å². The third-order valence-electron chi connectivity index (χ3n) is 3.02. The molecular weight excluding hydrogens is 174 g/mol. The summed E-state index contributed by atoms with van der Waals surface area (Å²) in [6, 6.07) is 0.678. The first-order chi connectivity index (χ1) is 6.76. The molecule has 0 heterocycles. The number of hydrogen-bond acceptors (Lipinski definition) is 2. The molecule has 1 aliphatic rings. The molecule has 0 aromatic carbocycles. The number of rotatable bonds is 8. The van der Waals surface area contributed by atoms with Gasteiger partial charge < -0.3 is 10.1 Å². The standard InChI is InChI=1S/C12H25NO/c1-4-7-13-12(8-10(2)14-3)9-11-5-6-11/h10-13H,4-9H2,1-3H3. The average molecular weight is 199 g/mol. The lowest BCUT2D eigenvalue weighted by atomic mass is 10.0. The van der Waals surface area contributed by atoms with Gasteiger partial charge in [0.05, 0.1) is 6.10 Å². The van der Waals surface area contributed by atoms with E-state index in [9.17, 15) is 0 Å². The Labute approximate surface area is 88.4 Å². The lowest BCUT2D eigenvalue weighted by Gasteiger charge is -2.21. The molecule has 1 N–H and O–H groups in total. The van der Waals surface area contributed by atoms with Crippen molar-refractivity contribution in [2.75, 3.05) is 13.7 Å². The van der Waals surface area contributed by atoms with Crippen LogP contribution in [-0.2, 0) is 4.74 Å². The van der Waals surface area contributed by atoms with E-state index in [2.05, 4.69) is 19.2 Å². The monoisotopic (exact) mass is 199 g/mol. The van der Waals surface area contributed by atoms with E-state index in [1.54, 1.807) is 7.11 Å². The summed E-state index contributed by atoms with van der Waals surface area (Å²) in [5, 5.41) is 3.63. The zero-order chi connectivity index (χ0) is 10.4. The molecule has 84 valence electrons. The molecule has 0 aromatic heterocycles. The molecule has 0 amide bonds. The molecular formula is C12H25NO. The number of nitrogens with one attached hydrogen (secondary N) is 1. The van der Waals surface area contributed by atoms with Crippen LogP contribution in [0.25, 0.3) is 0 Å². The molecule has 1 rings (SSSR count). The molecule has 1 saturated carbocycles. The largest absolute Gasteiger partial charge is 0.382 e. The second-order valence-corrected chi connectivity index (χ2v) is 4.61. The Kier molecular flexibility index (Phi) is 5.49. The highest BCUT2D eigenvalue weighted by Crippen LogP contribution is 2.34. The first-order valence-corrected chi connectivity index (χ1v) is 6.02. The van der Waals surface area contributed by atoms with Crippen molar-refractivity contribution in [3.8, 4) is 0 Å². The van der Waals surface area contributed by atoms with E-state index in [0.717, 1.165) is 18.9 Å². The average Bonchev–Trinajstić information content (AvgIpc) is 2.97. The maximum Gasteiger partial charge on any atom is 0.0558 e. The Bertz CT molecular complexity index is 145. The summed E-state index contributed by atoms with van der Waals surface area (Å²) in [5.74, 6) is 1.01. The van der Waals surface area contributed by atoms with Crippen LogP contribution in [0.5, 0.6) is 0 Å². The van der Waals surface area contributed by atoms with Gasteiger partial charge in [-0.25, -0.2) is 0 Å². The second-order valence-electron chi connectivity index (χ2n) is 4.61. The van der Waals surface area contributed by atoms with Gasteiger partial charge in [0.15, 0.2) is 0 Å². The van der Waals surface area contributed by atoms with Crippen molar-refractivity contribution >= 4 is 0 Å². The second kappa shape index (κ2) is 6.41. The number of hydrogen-bond donors (Lipinski definition) is 1. The van der Waals surface area contributed by atoms with Crippen molar-refractivity contribution in [2.24, 2.45) is 5.92 Å². The van der Waals surface area contributed by atoms with E-state index in [0.29, 0.717) is 12.1 Å². The van der Waals surface area contributed by atoms with Crippen LogP contribution in [0, 0.1) is 5.92 Å². The predicted octanol–water partition coefficient (Wildman–Crippen LogP) is 2.58. The highest BCUT2D eigenvalue weighted by molar-refractivity contribution is 4.81. The van der Waals surface area contributed by atoms with E-state index >= 15 is 0 Å². The van der Waals surface area contributed by atoms with E-state index in [4.69, 9.17) is 4.74 Å². The minimum atomic E-state index is 0.392. The summed E-state index contributed by atoms with van der Waals surface area (Å²) in [4.78, 5) is 0. The van der Waals surface area contributed by atoms with Crippen LogP contribution in [0.15, 0.2) is 0 Å². The molecule has 0 radical (unpaired) electrons. The van der Waals surface area contributed by atoms with Gasteiger partial charge in [-0.05, 0) is 38.6 Å². The molecule has 0 bridgehead atoms. The van der Waals surface area contributed by atoms with Crippen LogP contribution in [0.3, 0.4) is 0 Å². The molecule has 2 unspecified atom stereocenters. The Balaban J connectivity index is 2.19. The van der Waals surface area contributed by atoms with Crippen LogP contribution in [0.4, 0.5) is 0 Å². The zero-order valence-corrected chi connectivity index (χ0v) is 9.88. The SMILES string of the molecule is CCCNC(CC1CC1)CC(C)OC. The molecule has 1 aliphatic carbocycles. The molecule has 0 aromatic rings. The summed E-state index contributed by atoms with van der Waals surface area (Å²) < 4.78 is 5.32. The number of methoxy groups -OCH3 is 1. The smallest absolute Gasteiger partial charge is 0.0558 e. The quantitative estimate of drug-likeness (QED) is 0.649. The zero-order valence-electron chi connectivity index (χ0n) is 9.88. The molecule has 0 saturated heterocycles. The van der Waals surface area contributed by atoms with Crippen LogP contribution in [0.1, 0.15) is 46.0 Å². The van der Waals surface area contributed by atoms with Crippen LogP contribution < -0.4 is 5.32 Å². The maximum atomic E-state index is 5.32. The highest BCUT2D eigenvalue weighted by atomic mass is 16.5. The van der Waals surface area contributed by atoms with E-state index < -0.39 is 0 Å². The van der Waals surface area contributed by atoms with E-state index in [-0.39, 0.29) is 0 Å². The van der Waals surface area contributed by atoms with Crippen molar-refractivity contribution < 1.29 is 4.74 Å². The fourth-order valence-electron chi connectivity index (χ4n) is 1.86. The normalized spacial score (nSPS) is 20.8. The van der Waals surface area contributed by atoms with Gasteiger partial charge in [-0.2, -0.15) is 0 Å². The van der Waals surface area contributed by atoms with E-state index in [1.165, 1.54) is 25.7 Å². The molecule has 0 aliphatic heterocycles. The Morgan fingerprint density at radius 1 is 1.43 bits per heavy atom. The van der Waals surface area contributed by atoms with Crippen LogP contribution in [0.2, 0.25) is 0 Å². The Hall–Kier alpha value is -0.0800. The fourth-order valence-corrected chi connectivity index (χ4v) is 1.86. The highest BCUT2D eigenvalue weighted by Gasteiger charge is 2.25. The van der Waals surface area contributed by atoms with Crippen molar-refractivity contribution in [3.05, 3.63) is 0 Å². The molecule has 2 atom stereocenters. The number of ether oxygens (including phenoxy) is 1. The van der Waals surface area contributed by atoms with Gasteiger partial charge in [0, 0.05) is 13.2 Å². The van der Waals surface area contributed by atoms with E-state index in [1.807, 2.05) is 0 Å². The summed E-state index contributed by atoms with van der Waals surface area (Å²) >= 11 is 0. The van der Waals surface area contributed by atoms with Gasteiger partial charge in [0.1, 0.15) is 0 Å². The van der Waals surface area contributed by atoms with Gasteiger partial charge >= 0.3 is 0 Å². The summed E-state index contributed by atoms with van der Waals surface area (Å²) in [6.07, 6.45) is 7.03. The minimum Gasteiger partial charge on any atom is -0.382 e. The van der Waals surface area contributed by atoms with Crippen molar-refractivity contribution in [3.63, 3.8) is 0 Å². The van der Waals surface area contributed by atoms with Crippen molar-refractivity contribution in [1.29, 1.82) is 0 Å². The van der Waals surface area contributed by atoms with Gasteiger partial charge in [-0.15, -0.1) is 0 Å². The third-order valence-corrected chi connectivity index (χ3v) is 3.02. The third kappa shape index (κ3) is 4.97. The molecule has 0 spiro atoms. The minimum absolute atomic E-state index is 0.392. The predicted molar refractivity (Wildman–Crippen MR) is 60.5 cm³/mol. The molecule has 2 nitrogen and oxygen atoms in total. The summed E-state index contributed by atoms with van der Waals surface area (Å²) in [5.41, 5.74) is 0. The van der Waals surface area contributed by atoms with Crippen molar-refractivity contribution in [2.45, 2.75) is 58.1 Å². The lowest BCUT2D eigenvalue weighted by Crippen LogP contribution is -2.33. The Morgan fingerprint density at radius 3 is 2.64 bits per heavy atom. The van der Waals surface area contributed by atoms with Gasteiger partial charge in [0.25, 0.3) is 0 Å². The Morgan fingerprint density at radius 2 is 2.14 bits per heavy atom. The topological polar surface area (TPSA) is 21.3 Å². The molecule has 2 heteroatoms. The van der Waals surface area contributed by atoms with Gasteiger partial charge in [-0.1, -0.05) is 19.8 Å². The maximum absolute atomic E-state index is 5.32. The fraction of sp³-hybridized carbons (Fsp3) is 1.00. The van der Waals surface area contributed by atoms with Crippen LogP contribution >= 0.6 is 0 Å². The van der Waals surface area contributed by atoms with Gasteiger partial charge in [0.2, 0.25) is 0 Å². The first-order valence-electron chi connectivity index (χ1n) is 6.02. The molecule has 1 fully saturated rings. The summed E-state index contributed by atoms with van der Waals surface area (Å²) in [7, 11) is 1.80. The summed E-state index contributed by atoms with van der Waals surface area (Å²) in [6.45, 7) is 5.53. The first kappa shape index (κ1) is 12.0.